The highest BCUT2D eigenvalue weighted by Crippen LogP contribution is 2.26. The summed E-state index contributed by atoms with van der Waals surface area (Å²) in [6.45, 7) is 6.62. The molecule has 0 aromatic carbocycles. The van der Waals surface area contributed by atoms with Crippen LogP contribution in [0.2, 0.25) is 0 Å². The van der Waals surface area contributed by atoms with Crippen molar-refractivity contribution < 1.29 is 0 Å². The quantitative estimate of drug-likeness (QED) is 0.591. The Morgan fingerprint density at radius 3 is 2.92 bits per heavy atom. The molecule has 1 aliphatic rings. The lowest BCUT2D eigenvalue weighted by Crippen LogP contribution is -2.14. The van der Waals surface area contributed by atoms with Crippen molar-refractivity contribution in [2.24, 2.45) is 5.92 Å². The predicted molar refractivity (Wildman–Crippen MR) is 54.9 cm³/mol. The second-order valence-corrected chi connectivity index (χ2v) is 4.35. The van der Waals surface area contributed by atoms with Crippen LogP contribution in [-0.2, 0) is 12.8 Å². The van der Waals surface area contributed by atoms with Gasteiger partial charge < -0.3 is 0 Å². The van der Waals surface area contributed by atoms with Gasteiger partial charge in [-0.3, -0.25) is 4.98 Å². The molecule has 1 unspecified atom stereocenters. The first-order chi connectivity index (χ1) is 6.16. The summed E-state index contributed by atoms with van der Waals surface area (Å²) in [5.41, 5.74) is 5.49. The molecule has 0 amide bonds. The Balaban J connectivity index is 2.47. The number of aryl methyl sites for hydroxylation is 2. The summed E-state index contributed by atoms with van der Waals surface area (Å²) in [5.74, 6) is 0.821. The summed E-state index contributed by atoms with van der Waals surface area (Å²) in [7, 11) is 0. The van der Waals surface area contributed by atoms with Gasteiger partial charge in [-0.15, -0.1) is 0 Å². The van der Waals surface area contributed by atoms with Gasteiger partial charge in [0.2, 0.25) is 0 Å². The van der Waals surface area contributed by atoms with Crippen LogP contribution in [0.5, 0.6) is 0 Å². The molecule has 1 aromatic heterocycles. The minimum absolute atomic E-state index is 0.821. The van der Waals surface area contributed by atoms with E-state index in [1.54, 1.807) is 0 Å². The van der Waals surface area contributed by atoms with Crippen LogP contribution in [0.15, 0.2) is 6.07 Å². The van der Waals surface area contributed by atoms with Gasteiger partial charge in [0.05, 0.1) is 0 Å². The van der Waals surface area contributed by atoms with Crippen molar-refractivity contribution in [3.05, 3.63) is 28.6 Å². The molecule has 0 N–H and O–H groups in total. The van der Waals surface area contributed by atoms with E-state index in [1.165, 1.54) is 41.8 Å². The van der Waals surface area contributed by atoms with Crippen molar-refractivity contribution in [1.82, 2.24) is 4.98 Å². The minimum atomic E-state index is 0.821. The third kappa shape index (κ3) is 1.60. The number of nitrogens with zero attached hydrogens (tertiary/aromatic N) is 1. The Bertz CT molecular complexity index is 328. The topological polar surface area (TPSA) is 12.9 Å². The Morgan fingerprint density at radius 2 is 2.15 bits per heavy atom. The van der Waals surface area contributed by atoms with Crippen molar-refractivity contribution in [2.45, 2.75) is 40.0 Å². The van der Waals surface area contributed by atoms with Crippen LogP contribution < -0.4 is 0 Å². The van der Waals surface area contributed by atoms with Crippen LogP contribution in [-0.4, -0.2) is 4.98 Å². The second-order valence-electron chi connectivity index (χ2n) is 4.35. The van der Waals surface area contributed by atoms with Crippen molar-refractivity contribution >= 4 is 0 Å². The number of pyridine rings is 1. The number of aromatic nitrogens is 1. The maximum atomic E-state index is 4.62. The van der Waals surface area contributed by atoms with Gasteiger partial charge in [0.25, 0.3) is 0 Å². The molecular formula is C12H17N. The third-order valence-electron chi connectivity index (χ3n) is 2.99. The molecule has 1 atom stereocenters. The molecule has 1 aliphatic carbocycles. The SMILES string of the molecule is Cc1cc(C)c2c(n1)CC(C)CC2. The zero-order chi connectivity index (χ0) is 9.42. The fraction of sp³-hybridized carbons (Fsp3) is 0.583. The summed E-state index contributed by atoms with van der Waals surface area (Å²) in [6.07, 6.45) is 3.74. The first-order valence-corrected chi connectivity index (χ1v) is 5.13. The summed E-state index contributed by atoms with van der Waals surface area (Å²) >= 11 is 0. The lowest BCUT2D eigenvalue weighted by Gasteiger charge is -2.22. The zero-order valence-electron chi connectivity index (χ0n) is 8.72. The van der Waals surface area contributed by atoms with E-state index in [1.807, 2.05) is 0 Å². The van der Waals surface area contributed by atoms with Gasteiger partial charge in [0.1, 0.15) is 0 Å². The van der Waals surface area contributed by atoms with E-state index >= 15 is 0 Å². The van der Waals surface area contributed by atoms with E-state index in [0.29, 0.717) is 0 Å². The molecule has 0 fully saturated rings. The maximum absolute atomic E-state index is 4.62. The first kappa shape index (κ1) is 8.74. The van der Waals surface area contributed by atoms with Gasteiger partial charge in [-0.2, -0.15) is 0 Å². The summed E-state index contributed by atoms with van der Waals surface area (Å²) < 4.78 is 0. The molecule has 70 valence electrons. The molecule has 13 heavy (non-hydrogen) atoms. The molecule has 1 nitrogen and oxygen atoms in total. The molecule has 0 bridgehead atoms. The zero-order valence-corrected chi connectivity index (χ0v) is 8.72. The molecule has 1 heteroatoms. The van der Waals surface area contributed by atoms with Crippen LogP contribution in [0.25, 0.3) is 0 Å². The number of rotatable bonds is 0. The fourth-order valence-electron chi connectivity index (χ4n) is 2.27. The minimum Gasteiger partial charge on any atom is -0.258 e. The lowest BCUT2D eigenvalue weighted by atomic mass is 9.86. The summed E-state index contributed by atoms with van der Waals surface area (Å²) in [6, 6.07) is 2.20. The summed E-state index contributed by atoms with van der Waals surface area (Å²) in [5, 5.41) is 0. The molecule has 0 radical (unpaired) electrons. The van der Waals surface area contributed by atoms with Crippen LogP contribution in [0.1, 0.15) is 35.9 Å². The number of hydrogen-bond acceptors (Lipinski definition) is 1. The molecule has 0 saturated carbocycles. The molecule has 1 heterocycles. The molecule has 0 spiro atoms. The molecule has 2 rings (SSSR count). The van der Waals surface area contributed by atoms with E-state index in [4.69, 9.17) is 0 Å². The Hall–Kier alpha value is -0.850. The maximum Gasteiger partial charge on any atom is 0.0444 e. The van der Waals surface area contributed by atoms with E-state index in [9.17, 15) is 0 Å². The van der Waals surface area contributed by atoms with E-state index < -0.39 is 0 Å². The summed E-state index contributed by atoms with van der Waals surface area (Å²) in [4.78, 5) is 4.62. The second kappa shape index (κ2) is 3.13. The smallest absolute Gasteiger partial charge is 0.0444 e. The largest absolute Gasteiger partial charge is 0.258 e. The molecule has 1 aromatic rings. The van der Waals surface area contributed by atoms with Crippen molar-refractivity contribution in [2.75, 3.05) is 0 Å². The molecule has 0 saturated heterocycles. The normalized spacial score (nSPS) is 21.3. The average molecular weight is 175 g/mol. The van der Waals surface area contributed by atoms with Crippen LogP contribution in [0.3, 0.4) is 0 Å². The molecular weight excluding hydrogens is 158 g/mol. The standard InChI is InChI=1S/C12H17N/c1-8-4-5-11-9(2)7-10(3)13-12(11)6-8/h7-8H,4-6H2,1-3H3. The van der Waals surface area contributed by atoms with Crippen molar-refractivity contribution in [1.29, 1.82) is 0 Å². The lowest BCUT2D eigenvalue weighted by molar-refractivity contribution is 0.490. The van der Waals surface area contributed by atoms with Gasteiger partial charge in [-0.05, 0) is 56.2 Å². The van der Waals surface area contributed by atoms with Gasteiger partial charge in [-0.25, -0.2) is 0 Å². The fourth-order valence-corrected chi connectivity index (χ4v) is 2.27. The van der Waals surface area contributed by atoms with Crippen LogP contribution in [0, 0.1) is 19.8 Å². The van der Waals surface area contributed by atoms with Crippen molar-refractivity contribution in [3.8, 4) is 0 Å². The Labute approximate surface area is 80.2 Å². The van der Waals surface area contributed by atoms with Gasteiger partial charge in [-0.1, -0.05) is 6.92 Å². The monoisotopic (exact) mass is 175 g/mol. The van der Waals surface area contributed by atoms with E-state index in [0.717, 1.165) is 5.92 Å². The predicted octanol–water partition coefficient (Wildman–Crippen LogP) is 2.82. The van der Waals surface area contributed by atoms with Gasteiger partial charge in [0.15, 0.2) is 0 Å². The highest BCUT2D eigenvalue weighted by atomic mass is 14.7. The first-order valence-electron chi connectivity index (χ1n) is 5.13. The van der Waals surface area contributed by atoms with E-state index in [-0.39, 0.29) is 0 Å². The Kier molecular flexibility index (Phi) is 2.10. The Morgan fingerprint density at radius 1 is 1.38 bits per heavy atom. The number of fused-ring (bicyclic) bond motifs is 1. The van der Waals surface area contributed by atoms with Crippen LogP contribution >= 0.6 is 0 Å². The average Bonchev–Trinajstić information content (AvgIpc) is 2.02. The van der Waals surface area contributed by atoms with Gasteiger partial charge >= 0.3 is 0 Å². The highest BCUT2D eigenvalue weighted by molar-refractivity contribution is 5.33. The molecule has 0 aliphatic heterocycles. The van der Waals surface area contributed by atoms with Gasteiger partial charge in [0, 0.05) is 11.4 Å². The van der Waals surface area contributed by atoms with E-state index in [2.05, 4.69) is 31.8 Å². The van der Waals surface area contributed by atoms with Crippen molar-refractivity contribution in [3.63, 3.8) is 0 Å². The highest BCUT2D eigenvalue weighted by Gasteiger charge is 2.17. The van der Waals surface area contributed by atoms with Crippen LogP contribution in [0.4, 0.5) is 0 Å². The number of hydrogen-bond donors (Lipinski definition) is 0. The third-order valence-corrected chi connectivity index (χ3v) is 2.99.